The molecule has 73 heavy (non-hydrogen) atoms. The molecule has 0 aliphatic rings. The Morgan fingerprint density at radius 3 is 0.795 bits per heavy atom. The molecule has 0 spiro atoms. The Balaban J connectivity index is 4.49. The van der Waals surface area contributed by atoms with E-state index in [1.54, 1.807) is 0 Å². The monoisotopic (exact) mass is 1010 g/mol. The largest absolute Gasteiger partial charge is 0.462 e. The predicted octanol–water partition coefficient (Wildman–Crippen LogP) is 20.0. The van der Waals surface area contributed by atoms with Crippen molar-refractivity contribution in [2.45, 2.75) is 245 Å². The van der Waals surface area contributed by atoms with E-state index in [4.69, 9.17) is 14.2 Å². The molecule has 0 N–H and O–H groups in total. The molecule has 0 radical (unpaired) electrons. The van der Waals surface area contributed by atoms with Crippen LogP contribution >= 0.6 is 0 Å². The van der Waals surface area contributed by atoms with Crippen LogP contribution in [-0.2, 0) is 28.6 Å². The average molecular weight is 1010 g/mol. The third-order valence-corrected chi connectivity index (χ3v) is 11.8. The van der Waals surface area contributed by atoms with Gasteiger partial charge in [0.1, 0.15) is 13.2 Å². The van der Waals surface area contributed by atoms with Gasteiger partial charge in [-0.1, -0.05) is 231 Å². The van der Waals surface area contributed by atoms with E-state index in [1.165, 1.54) is 44.9 Å². The number of allylic oxidation sites excluding steroid dienone is 24. The number of hydrogen-bond acceptors (Lipinski definition) is 6. The molecule has 0 aliphatic heterocycles. The van der Waals surface area contributed by atoms with Gasteiger partial charge in [-0.15, -0.1) is 0 Å². The van der Waals surface area contributed by atoms with Crippen LogP contribution in [0.25, 0.3) is 0 Å². The zero-order valence-corrected chi connectivity index (χ0v) is 46.8. The first-order valence-corrected chi connectivity index (χ1v) is 29.3. The normalized spacial score (nSPS) is 13.2. The molecule has 0 rings (SSSR count). The molecule has 0 aromatic rings. The Labute approximate surface area is 448 Å². The number of ether oxygens (including phenoxy) is 3. The molecule has 6 nitrogen and oxygen atoms in total. The summed E-state index contributed by atoms with van der Waals surface area (Å²) in [5.74, 6) is -0.976. The Hall–Kier alpha value is -4.71. The highest BCUT2D eigenvalue weighted by Crippen LogP contribution is 2.14. The van der Waals surface area contributed by atoms with Gasteiger partial charge < -0.3 is 14.2 Å². The molecule has 1 unspecified atom stereocenters. The summed E-state index contributed by atoms with van der Waals surface area (Å²) in [6, 6.07) is 0. The summed E-state index contributed by atoms with van der Waals surface area (Å²) in [6.07, 6.45) is 85.5. The maximum absolute atomic E-state index is 12.9. The fourth-order valence-corrected chi connectivity index (χ4v) is 7.53. The summed E-state index contributed by atoms with van der Waals surface area (Å²) in [4.78, 5) is 38.2. The minimum Gasteiger partial charge on any atom is -0.462 e. The third-order valence-electron chi connectivity index (χ3n) is 11.8. The first-order valence-electron chi connectivity index (χ1n) is 29.3. The fourth-order valence-electron chi connectivity index (χ4n) is 7.53. The van der Waals surface area contributed by atoms with Gasteiger partial charge in [0.05, 0.1) is 0 Å². The van der Waals surface area contributed by atoms with Gasteiger partial charge in [-0.05, 0) is 135 Å². The first-order chi connectivity index (χ1) is 36.0. The molecule has 0 saturated heterocycles. The highest BCUT2D eigenvalue weighted by atomic mass is 16.6. The SMILES string of the molecule is CC/C=C\C/C=C\C/C=C\C/C=C\CCCCCCCCCCC(=O)OCC(COC(=O)CCCC/C=C\C/C=C\C/C=C\C/C=C\CC)OC(=O)CCCCCCCC/C=C\C/C=C\C/C=C\C/C=C\CC. The van der Waals surface area contributed by atoms with Gasteiger partial charge in [-0.2, -0.15) is 0 Å². The highest BCUT2D eigenvalue weighted by molar-refractivity contribution is 5.71. The maximum atomic E-state index is 12.9. The Morgan fingerprint density at radius 1 is 0.274 bits per heavy atom. The second-order valence-electron chi connectivity index (χ2n) is 18.8. The number of esters is 3. The van der Waals surface area contributed by atoms with Crippen LogP contribution in [0.2, 0.25) is 0 Å². The topological polar surface area (TPSA) is 78.9 Å². The molecule has 0 fully saturated rings. The van der Waals surface area contributed by atoms with E-state index in [0.717, 1.165) is 148 Å². The van der Waals surface area contributed by atoms with E-state index in [0.29, 0.717) is 25.7 Å². The van der Waals surface area contributed by atoms with Crippen molar-refractivity contribution in [3.05, 3.63) is 146 Å². The van der Waals surface area contributed by atoms with Crippen LogP contribution in [0.15, 0.2) is 146 Å². The molecule has 6 heteroatoms. The van der Waals surface area contributed by atoms with Crippen molar-refractivity contribution in [3.63, 3.8) is 0 Å². The molecule has 1 atom stereocenters. The first kappa shape index (κ1) is 68.3. The van der Waals surface area contributed by atoms with E-state index >= 15 is 0 Å². The molecule has 0 aliphatic carbocycles. The van der Waals surface area contributed by atoms with Gasteiger partial charge in [0.25, 0.3) is 0 Å². The lowest BCUT2D eigenvalue weighted by Gasteiger charge is -2.18. The van der Waals surface area contributed by atoms with Crippen LogP contribution in [-0.4, -0.2) is 37.2 Å². The summed E-state index contributed by atoms with van der Waals surface area (Å²) in [6.45, 7) is 6.24. The van der Waals surface area contributed by atoms with Crippen molar-refractivity contribution in [2.75, 3.05) is 13.2 Å². The summed E-state index contributed by atoms with van der Waals surface area (Å²) < 4.78 is 16.8. The molecular weight excluding hydrogens is 901 g/mol. The number of carbonyl (C=O) groups is 3. The minimum atomic E-state index is -0.814. The lowest BCUT2D eigenvalue weighted by molar-refractivity contribution is -0.167. The minimum absolute atomic E-state index is 0.107. The lowest BCUT2D eigenvalue weighted by atomic mass is 10.1. The molecular formula is C67H106O6. The average Bonchev–Trinajstić information content (AvgIpc) is 3.39. The van der Waals surface area contributed by atoms with E-state index in [2.05, 4.69) is 167 Å². The zero-order valence-electron chi connectivity index (χ0n) is 46.8. The van der Waals surface area contributed by atoms with Gasteiger partial charge in [-0.25, -0.2) is 0 Å². The summed E-state index contributed by atoms with van der Waals surface area (Å²) >= 11 is 0. The molecule has 0 aromatic carbocycles. The van der Waals surface area contributed by atoms with Crippen molar-refractivity contribution in [3.8, 4) is 0 Å². The standard InChI is InChI=1S/C67H106O6/c1-4-7-10-13-16-19-22-25-28-30-32-33-35-36-39-42-45-48-51-54-57-60-66(69)72-63-64(62-71-65(68)59-56-53-50-47-44-41-38-27-24-21-18-15-12-9-6-3)73-67(70)61-58-55-52-49-46-43-40-37-34-31-29-26-23-20-17-14-11-8-5-2/h7-12,16-21,25-29,32-34,37-38,44,47,64H,4-6,13-15,22-24,30-31,35-36,39-43,45-46,48-63H2,1-3H3/b10-7-,11-8-,12-9-,19-16-,20-17-,21-18-,28-25-,29-26-,33-32-,37-34-,38-27-,47-44-. The summed E-state index contributed by atoms with van der Waals surface area (Å²) in [7, 11) is 0. The van der Waals surface area contributed by atoms with Crippen LogP contribution in [0.5, 0.6) is 0 Å². The molecule has 0 saturated carbocycles. The summed E-state index contributed by atoms with van der Waals surface area (Å²) in [5.41, 5.74) is 0. The number of unbranched alkanes of at least 4 members (excludes halogenated alkanes) is 16. The molecule has 0 heterocycles. The van der Waals surface area contributed by atoms with Crippen LogP contribution in [0.1, 0.15) is 239 Å². The Kier molecular flexibility index (Phi) is 56.0. The van der Waals surface area contributed by atoms with Crippen LogP contribution < -0.4 is 0 Å². The lowest BCUT2D eigenvalue weighted by Crippen LogP contribution is -2.30. The van der Waals surface area contributed by atoms with Crippen LogP contribution in [0.4, 0.5) is 0 Å². The molecule has 0 aromatic heterocycles. The van der Waals surface area contributed by atoms with Crippen LogP contribution in [0, 0.1) is 0 Å². The van der Waals surface area contributed by atoms with Gasteiger partial charge >= 0.3 is 17.9 Å². The second kappa shape index (κ2) is 59.8. The van der Waals surface area contributed by atoms with Gasteiger partial charge in [0, 0.05) is 19.3 Å². The zero-order chi connectivity index (χ0) is 52.9. The smallest absolute Gasteiger partial charge is 0.306 e. The van der Waals surface area contributed by atoms with E-state index in [1.807, 2.05) is 0 Å². The van der Waals surface area contributed by atoms with Crippen molar-refractivity contribution in [1.82, 2.24) is 0 Å². The number of rotatable bonds is 51. The fraction of sp³-hybridized carbons (Fsp3) is 0.597. The van der Waals surface area contributed by atoms with Crippen molar-refractivity contribution in [2.24, 2.45) is 0 Å². The Morgan fingerprint density at radius 2 is 0.493 bits per heavy atom. The van der Waals surface area contributed by atoms with E-state index < -0.39 is 6.10 Å². The van der Waals surface area contributed by atoms with Crippen molar-refractivity contribution in [1.29, 1.82) is 0 Å². The summed E-state index contributed by atoms with van der Waals surface area (Å²) in [5, 5.41) is 0. The van der Waals surface area contributed by atoms with E-state index in [9.17, 15) is 14.4 Å². The van der Waals surface area contributed by atoms with Crippen molar-refractivity contribution < 1.29 is 28.6 Å². The third kappa shape index (κ3) is 58.1. The van der Waals surface area contributed by atoms with Crippen molar-refractivity contribution >= 4 is 17.9 Å². The van der Waals surface area contributed by atoms with Gasteiger partial charge in [0.15, 0.2) is 6.10 Å². The van der Waals surface area contributed by atoms with Crippen LogP contribution in [0.3, 0.4) is 0 Å². The predicted molar refractivity (Wildman–Crippen MR) is 315 cm³/mol. The number of hydrogen-bond donors (Lipinski definition) is 0. The molecule has 0 bridgehead atoms. The maximum Gasteiger partial charge on any atom is 0.306 e. The second-order valence-corrected chi connectivity index (χ2v) is 18.8. The number of carbonyl (C=O) groups excluding carboxylic acids is 3. The molecule has 0 amide bonds. The van der Waals surface area contributed by atoms with Gasteiger partial charge in [-0.3, -0.25) is 14.4 Å². The van der Waals surface area contributed by atoms with E-state index in [-0.39, 0.29) is 31.1 Å². The Bertz CT molecular complexity index is 1630. The quantitative estimate of drug-likeness (QED) is 0.0261. The molecule has 410 valence electrons. The van der Waals surface area contributed by atoms with Gasteiger partial charge in [0.2, 0.25) is 0 Å². The highest BCUT2D eigenvalue weighted by Gasteiger charge is 2.19.